The highest BCUT2D eigenvalue weighted by atomic mass is 127. The van der Waals surface area contributed by atoms with E-state index in [0.717, 1.165) is 37.0 Å². The van der Waals surface area contributed by atoms with Gasteiger partial charge < -0.3 is 15.5 Å². The van der Waals surface area contributed by atoms with Crippen LogP contribution in [-0.2, 0) is 19.5 Å². The van der Waals surface area contributed by atoms with Gasteiger partial charge in [-0.25, -0.2) is 9.98 Å². The van der Waals surface area contributed by atoms with Gasteiger partial charge in [-0.1, -0.05) is 24.3 Å². The minimum Gasteiger partial charge on any atom is -0.357 e. The Morgan fingerprint density at radius 2 is 1.85 bits per heavy atom. The lowest BCUT2D eigenvalue weighted by atomic mass is 10.1. The molecule has 0 bridgehead atoms. The second kappa shape index (κ2) is 12.2. The lowest BCUT2D eigenvalue weighted by molar-refractivity contribution is 0.402. The van der Waals surface area contributed by atoms with Crippen LogP contribution in [0.15, 0.2) is 35.5 Å². The first-order valence-electron chi connectivity index (χ1n) is 8.73. The number of nitrogens with zero attached hydrogens (tertiary/aromatic N) is 3. The van der Waals surface area contributed by atoms with E-state index < -0.39 is 0 Å². The first-order chi connectivity index (χ1) is 12.1. The molecule has 144 valence electrons. The summed E-state index contributed by atoms with van der Waals surface area (Å²) in [7, 11) is 4.17. The third-order valence-electron chi connectivity index (χ3n) is 3.59. The zero-order valence-electron chi connectivity index (χ0n) is 16.1. The van der Waals surface area contributed by atoms with Crippen molar-refractivity contribution < 1.29 is 0 Å². The summed E-state index contributed by atoms with van der Waals surface area (Å²) in [5, 5.41) is 7.85. The van der Waals surface area contributed by atoms with Crippen LogP contribution in [0.5, 0.6) is 0 Å². The molecule has 0 radical (unpaired) electrons. The zero-order chi connectivity index (χ0) is 18.1. The predicted octanol–water partition coefficient (Wildman–Crippen LogP) is 3.43. The molecular weight excluding hydrogens is 457 g/mol. The molecular formula is C19H30IN5S. The quantitative estimate of drug-likeness (QED) is 0.341. The minimum atomic E-state index is 0. The maximum Gasteiger partial charge on any atom is 0.191 e. The summed E-state index contributed by atoms with van der Waals surface area (Å²) in [6.07, 6.45) is 2.85. The summed E-state index contributed by atoms with van der Waals surface area (Å²) in [4.78, 5) is 12.5. The molecule has 1 aromatic carbocycles. The van der Waals surface area contributed by atoms with Crippen LogP contribution in [0.1, 0.15) is 27.9 Å². The van der Waals surface area contributed by atoms with Gasteiger partial charge in [0.15, 0.2) is 5.96 Å². The second-order valence-corrected chi connectivity index (χ2v) is 7.61. The summed E-state index contributed by atoms with van der Waals surface area (Å²) >= 11 is 1.75. The molecule has 1 aromatic heterocycles. The van der Waals surface area contributed by atoms with Crippen molar-refractivity contribution in [2.75, 3.05) is 27.2 Å². The molecule has 0 saturated heterocycles. The largest absolute Gasteiger partial charge is 0.357 e. The standard InChI is InChI=1S/C19H29N5S.HI/c1-5-20-19(21-11-10-18-22-12-15(2)25-18)23-13-16-6-8-17(9-7-16)14-24(3)4;/h6-9,12H,5,10-11,13-14H2,1-4H3,(H2,20,21,23);1H. The number of thiazole rings is 1. The Kier molecular flexibility index (Phi) is 10.8. The topological polar surface area (TPSA) is 52.6 Å². The van der Waals surface area contributed by atoms with E-state index in [0.29, 0.717) is 6.54 Å². The SMILES string of the molecule is CCNC(=NCc1ccc(CN(C)C)cc1)NCCc1ncc(C)s1.I. The molecule has 0 fully saturated rings. The summed E-state index contributed by atoms with van der Waals surface area (Å²) in [5.74, 6) is 0.855. The van der Waals surface area contributed by atoms with Crippen LogP contribution in [-0.4, -0.2) is 43.0 Å². The molecule has 2 rings (SSSR count). The van der Waals surface area contributed by atoms with Crippen molar-refractivity contribution in [2.45, 2.75) is 33.4 Å². The van der Waals surface area contributed by atoms with Crippen LogP contribution >= 0.6 is 35.3 Å². The molecule has 0 aliphatic carbocycles. The van der Waals surface area contributed by atoms with Crippen LogP contribution in [0, 0.1) is 6.92 Å². The molecule has 7 heteroatoms. The number of nitrogens with one attached hydrogen (secondary N) is 2. The number of aryl methyl sites for hydroxylation is 1. The maximum absolute atomic E-state index is 4.68. The van der Waals surface area contributed by atoms with Gasteiger partial charge in [0.1, 0.15) is 0 Å². The van der Waals surface area contributed by atoms with E-state index in [-0.39, 0.29) is 24.0 Å². The van der Waals surface area contributed by atoms with Crippen LogP contribution in [0.4, 0.5) is 0 Å². The number of aliphatic imine (C=N–C) groups is 1. The van der Waals surface area contributed by atoms with Crippen molar-refractivity contribution in [2.24, 2.45) is 4.99 Å². The van der Waals surface area contributed by atoms with E-state index in [9.17, 15) is 0 Å². The van der Waals surface area contributed by atoms with Gasteiger partial charge in [-0.05, 0) is 39.1 Å². The molecule has 0 saturated carbocycles. The van der Waals surface area contributed by atoms with E-state index in [1.54, 1.807) is 11.3 Å². The second-order valence-electron chi connectivity index (χ2n) is 6.29. The fraction of sp³-hybridized carbons (Fsp3) is 0.474. The number of rotatable bonds is 8. The van der Waals surface area contributed by atoms with Crippen LogP contribution < -0.4 is 10.6 Å². The molecule has 2 N–H and O–H groups in total. The molecule has 0 amide bonds. The first kappa shape index (κ1) is 22.9. The van der Waals surface area contributed by atoms with Crippen LogP contribution in [0.2, 0.25) is 0 Å². The molecule has 2 aromatic rings. The highest BCUT2D eigenvalue weighted by Gasteiger charge is 2.01. The Hall–Kier alpha value is -1.19. The van der Waals surface area contributed by atoms with E-state index in [4.69, 9.17) is 0 Å². The Morgan fingerprint density at radius 3 is 2.42 bits per heavy atom. The van der Waals surface area contributed by atoms with Crippen LogP contribution in [0.3, 0.4) is 0 Å². The summed E-state index contributed by atoms with van der Waals surface area (Å²) in [5.41, 5.74) is 2.54. The summed E-state index contributed by atoms with van der Waals surface area (Å²) in [6.45, 7) is 7.49. The Bertz CT molecular complexity index is 667. The van der Waals surface area contributed by atoms with Crippen LogP contribution in [0.25, 0.3) is 0 Å². The molecule has 26 heavy (non-hydrogen) atoms. The highest BCUT2D eigenvalue weighted by molar-refractivity contribution is 14.0. The summed E-state index contributed by atoms with van der Waals surface area (Å²) in [6, 6.07) is 8.67. The zero-order valence-corrected chi connectivity index (χ0v) is 19.2. The third kappa shape index (κ3) is 8.46. The Morgan fingerprint density at radius 1 is 1.15 bits per heavy atom. The lowest BCUT2D eigenvalue weighted by Gasteiger charge is -2.11. The van der Waals surface area contributed by atoms with Gasteiger partial charge >= 0.3 is 0 Å². The molecule has 0 atom stereocenters. The molecule has 0 spiro atoms. The van der Waals surface area contributed by atoms with E-state index in [1.165, 1.54) is 16.0 Å². The van der Waals surface area contributed by atoms with E-state index >= 15 is 0 Å². The molecule has 0 aliphatic rings. The van der Waals surface area contributed by atoms with Crippen molar-refractivity contribution >= 4 is 41.3 Å². The molecule has 0 aliphatic heterocycles. The maximum atomic E-state index is 4.68. The van der Waals surface area contributed by atoms with Gasteiger partial charge in [0, 0.05) is 37.1 Å². The number of hydrogen-bond donors (Lipinski definition) is 2. The normalized spacial score (nSPS) is 11.3. The van der Waals surface area contributed by atoms with E-state index in [2.05, 4.69) is 77.7 Å². The lowest BCUT2D eigenvalue weighted by Crippen LogP contribution is -2.38. The van der Waals surface area contributed by atoms with Gasteiger partial charge in [0.05, 0.1) is 11.6 Å². The van der Waals surface area contributed by atoms with Gasteiger partial charge in [-0.3, -0.25) is 0 Å². The summed E-state index contributed by atoms with van der Waals surface area (Å²) < 4.78 is 0. The fourth-order valence-electron chi connectivity index (χ4n) is 2.43. The van der Waals surface area contributed by atoms with Crippen molar-refractivity contribution in [1.82, 2.24) is 20.5 Å². The monoisotopic (exact) mass is 487 g/mol. The molecule has 1 heterocycles. The average Bonchev–Trinajstić information content (AvgIpc) is 2.99. The van der Waals surface area contributed by atoms with Gasteiger partial charge in [-0.2, -0.15) is 0 Å². The number of halogens is 1. The minimum absolute atomic E-state index is 0. The van der Waals surface area contributed by atoms with Gasteiger partial charge in [0.25, 0.3) is 0 Å². The Balaban J connectivity index is 0.00000338. The van der Waals surface area contributed by atoms with Gasteiger partial charge in [0.2, 0.25) is 0 Å². The number of aromatic nitrogens is 1. The Labute approximate surface area is 178 Å². The van der Waals surface area contributed by atoms with Gasteiger partial charge in [-0.15, -0.1) is 35.3 Å². The smallest absolute Gasteiger partial charge is 0.191 e. The fourth-order valence-corrected chi connectivity index (χ4v) is 3.22. The van der Waals surface area contributed by atoms with Crippen molar-refractivity contribution in [3.8, 4) is 0 Å². The first-order valence-corrected chi connectivity index (χ1v) is 9.54. The third-order valence-corrected chi connectivity index (χ3v) is 4.56. The van der Waals surface area contributed by atoms with E-state index in [1.807, 2.05) is 6.20 Å². The highest BCUT2D eigenvalue weighted by Crippen LogP contribution is 2.11. The average molecular weight is 487 g/mol. The number of guanidine groups is 1. The number of benzene rings is 1. The molecule has 5 nitrogen and oxygen atoms in total. The predicted molar refractivity (Wildman–Crippen MR) is 123 cm³/mol. The van der Waals surface area contributed by atoms with Crippen molar-refractivity contribution in [3.05, 3.63) is 51.5 Å². The van der Waals surface area contributed by atoms with Crippen molar-refractivity contribution in [3.63, 3.8) is 0 Å². The number of hydrogen-bond acceptors (Lipinski definition) is 4. The van der Waals surface area contributed by atoms with Crippen molar-refractivity contribution in [1.29, 1.82) is 0 Å². The molecule has 0 unspecified atom stereocenters.